The van der Waals surface area contributed by atoms with Gasteiger partial charge in [0, 0.05) is 36.5 Å². The summed E-state index contributed by atoms with van der Waals surface area (Å²) in [5.74, 6) is 0.914. The van der Waals surface area contributed by atoms with Crippen LogP contribution in [0.25, 0.3) is 16.4 Å². The zero-order valence-corrected chi connectivity index (χ0v) is 16.8. The molecule has 140 valence electrons. The van der Waals surface area contributed by atoms with Gasteiger partial charge in [-0.1, -0.05) is 41.3 Å². The van der Waals surface area contributed by atoms with Crippen molar-refractivity contribution in [3.05, 3.63) is 65.6 Å². The Morgan fingerprint density at radius 3 is 2.79 bits per heavy atom. The number of carbonyl (C=O) groups excluding carboxylic acids is 1. The summed E-state index contributed by atoms with van der Waals surface area (Å²) < 4.78 is 4.07. The van der Waals surface area contributed by atoms with Gasteiger partial charge in [-0.05, 0) is 25.1 Å². The number of hydrogen-bond donors (Lipinski definition) is 1. The first kappa shape index (κ1) is 17.3. The zero-order chi connectivity index (χ0) is 19.1. The van der Waals surface area contributed by atoms with Crippen molar-refractivity contribution in [3.63, 3.8) is 0 Å². The van der Waals surface area contributed by atoms with Crippen LogP contribution >= 0.6 is 23.1 Å². The van der Waals surface area contributed by atoms with Crippen molar-refractivity contribution in [2.45, 2.75) is 18.6 Å². The van der Waals surface area contributed by atoms with Crippen LogP contribution < -0.4 is 5.32 Å². The molecule has 1 aliphatic heterocycles. The van der Waals surface area contributed by atoms with Gasteiger partial charge >= 0.3 is 0 Å². The predicted octanol–water partition coefficient (Wildman–Crippen LogP) is 4.46. The monoisotopic (exact) mass is 407 g/mol. The summed E-state index contributed by atoms with van der Waals surface area (Å²) in [4.78, 5) is 22.8. The van der Waals surface area contributed by atoms with Crippen molar-refractivity contribution >= 4 is 34.7 Å². The molecule has 4 heterocycles. The fourth-order valence-electron chi connectivity index (χ4n) is 3.20. The van der Waals surface area contributed by atoms with Crippen LogP contribution in [0.3, 0.4) is 0 Å². The summed E-state index contributed by atoms with van der Waals surface area (Å²) in [5.41, 5.74) is 3.28. The summed E-state index contributed by atoms with van der Waals surface area (Å²) in [6, 6.07) is 11.7. The normalized spacial score (nSPS) is 12.9. The van der Waals surface area contributed by atoms with Crippen LogP contribution in [0.5, 0.6) is 0 Å². The number of rotatable bonds is 4. The Kier molecular flexibility index (Phi) is 4.29. The SMILES string of the molecule is Cc1nc(-n2cccc2)sc1C(=O)Nc1ccccc1-c1cn2c(n1)SCC2. The van der Waals surface area contributed by atoms with Crippen molar-refractivity contribution in [2.24, 2.45) is 0 Å². The molecule has 28 heavy (non-hydrogen) atoms. The third kappa shape index (κ3) is 3.04. The van der Waals surface area contributed by atoms with E-state index in [9.17, 15) is 4.79 Å². The zero-order valence-electron chi connectivity index (χ0n) is 15.1. The van der Waals surface area contributed by atoms with Crippen LogP contribution in [-0.2, 0) is 6.54 Å². The van der Waals surface area contributed by atoms with Crippen molar-refractivity contribution in [2.75, 3.05) is 11.1 Å². The van der Waals surface area contributed by atoms with E-state index in [1.165, 1.54) is 11.3 Å². The van der Waals surface area contributed by atoms with E-state index in [1.54, 1.807) is 11.8 Å². The Hall–Kier alpha value is -2.84. The van der Waals surface area contributed by atoms with Gasteiger partial charge in [-0.25, -0.2) is 9.97 Å². The minimum absolute atomic E-state index is 0.151. The molecule has 6 nitrogen and oxygen atoms in total. The molecule has 5 rings (SSSR count). The lowest BCUT2D eigenvalue weighted by Crippen LogP contribution is -2.12. The van der Waals surface area contributed by atoms with Crippen LogP contribution in [0, 0.1) is 6.92 Å². The molecule has 0 unspecified atom stereocenters. The van der Waals surface area contributed by atoms with Crippen molar-refractivity contribution in [1.82, 2.24) is 19.1 Å². The molecule has 0 saturated carbocycles. The Morgan fingerprint density at radius 2 is 1.96 bits per heavy atom. The number of para-hydroxylation sites is 1. The maximum Gasteiger partial charge on any atom is 0.267 e. The molecule has 0 bridgehead atoms. The van der Waals surface area contributed by atoms with Gasteiger partial charge < -0.3 is 14.5 Å². The molecule has 0 atom stereocenters. The average Bonchev–Trinajstić information content (AvgIpc) is 3.45. The summed E-state index contributed by atoms with van der Waals surface area (Å²) in [5, 5.41) is 4.87. The quantitative estimate of drug-likeness (QED) is 0.542. The van der Waals surface area contributed by atoms with Crippen LogP contribution in [0.2, 0.25) is 0 Å². The van der Waals surface area contributed by atoms with Gasteiger partial charge in [-0.3, -0.25) is 4.79 Å². The van der Waals surface area contributed by atoms with Gasteiger partial charge in [-0.15, -0.1) is 0 Å². The minimum atomic E-state index is -0.151. The number of imidazole rings is 1. The lowest BCUT2D eigenvalue weighted by atomic mass is 10.1. The highest BCUT2D eigenvalue weighted by atomic mass is 32.2. The number of thiazole rings is 1. The average molecular weight is 408 g/mol. The third-order valence-electron chi connectivity index (χ3n) is 4.57. The van der Waals surface area contributed by atoms with Crippen LogP contribution in [-0.4, -0.2) is 30.8 Å². The first-order chi connectivity index (χ1) is 13.7. The van der Waals surface area contributed by atoms with Crippen molar-refractivity contribution < 1.29 is 4.79 Å². The molecule has 1 aliphatic rings. The molecule has 3 aromatic heterocycles. The number of carbonyl (C=O) groups is 1. The lowest BCUT2D eigenvalue weighted by molar-refractivity contribution is 0.103. The summed E-state index contributed by atoms with van der Waals surface area (Å²) in [7, 11) is 0. The highest BCUT2D eigenvalue weighted by molar-refractivity contribution is 7.99. The van der Waals surface area contributed by atoms with E-state index in [0.717, 1.165) is 45.2 Å². The molecule has 4 aromatic rings. The molecule has 0 saturated heterocycles. The van der Waals surface area contributed by atoms with Gasteiger partial charge in [0.25, 0.3) is 5.91 Å². The number of hydrogen-bond acceptors (Lipinski definition) is 5. The molecule has 0 aliphatic carbocycles. The second kappa shape index (κ2) is 6.96. The number of amides is 1. The molecule has 1 amide bonds. The number of aryl methyl sites for hydroxylation is 2. The van der Waals surface area contributed by atoms with Crippen LogP contribution in [0.4, 0.5) is 5.69 Å². The Balaban J connectivity index is 1.44. The fraction of sp³-hybridized carbons (Fsp3) is 0.150. The van der Waals surface area contributed by atoms with E-state index < -0.39 is 0 Å². The molecular weight excluding hydrogens is 390 g/mol. The summed E-state index contributed by atoms with van der Waals surface area (Å²) >= 11 is 3.14. The smallest absolute Gasteiger partial charge is 0.267 e. The summed E-state index contributed by atoms with van der Waals surface area (Å²) in [6.07, 6.45) is 5.90. The first-order valence-electron chi connectivity index (χ1n) is 8.90. The van der Waals surface area contributed by atoms with Gasteiger partial charge in [-0.2, -0.15) is 0 Å². The largest absolute Gasteiger partial charge is 0.325 e. The number of aromatic nitrogens is 4. The summed E-state index contributed by atoms with van der Waals surface area (Å²) in [6.45, 7) is 2.84. The highest BCUT2D eigenvalue weighted by Gasteiger charge is 2.20. The van der Waals surface area contributed by atoms with E-state index in [1.807, 2.05) is 60.3 Å². The number of fused-ring (bicyclic) bond motifs is 1. The topological polar surface area (TPSA) is 64.7 Å². The minimum Gasteiger partial charge on any atom is -0.325 e. The number of thioether (sulfide) groups is 1. The molecular formula is C20H17N5OS2. The van der Waals surface area contributed by atoms with Crippen LogP contribution in [0.1, 0.15) is 15.4 Å². The Morgan fingerprint density at radius 1 is 1.14 bits per heavy atom. The first-order valence-corrected chi connectivity index (χ1v) is 10.7. The second-order valence-electron chi connectivity index (χ2n) is 6.45. The highest BCUT2D eigenvalue weighted by Crippen LogP contribution is 2.33. The number of anilines is 1. The molecule has 0 spiro atoms. The number of benzene rings is 1. The Bertz CT molecular complexity index is 1140. The van der Waals surface area contributed by atoms with Gasteiger partial charge in [0.1, 0.15) is 4.88 Å². The fourth-order valence-corrected chi connectivity index (χ4v) is 5.07. The Labute approximate surface area is 170 Å². The number of nitrogens with zero attached hydrogens (tertiary/aromatic N) is 4. The van der Waals surface area contributed by atoms with Gasteiger partial charge in [0.05, 0.1) is 17.1 Å². The molecule has 0 radical (unpaired) electrons. The maximum absolute atomic E-state index is 13.0. The molecule has 1 aromatic carbocycles. The third-order valence-corrected chi connectivity index (χ3v) is 6.71. The predicted molar refractivity (Wildman–Crippen MR) is 113 cm³/mol. The molecule has 8 heteroatoms. The van der Waals surface area contributed by atoms with E-state index in [0.29, 0.717) is 4.88 Å². The van der Waals surface area contributed by atoms with E-state index >= 15 is 0 Å². The van der Waals surface area contributed by atoms with Crippen molar-refractivity contribution in [1.29, 1.82) is 0 Å². The molecule has 1 N–H and O–H groups in total. The number of nitrogens with one attached hydrogen (secondary N) is 1. The van der Waals surface area contributed by atoms with E-state index in [2.05, 4.69) is 21.1 Å². The van der Waals surface area contributed by atoms with Crippen molar-refractivity contribution in [3.8, 4) is 16.4 Å². The second-order valence-corrected chi connectivity index (χ2v) is 8.49. The van der Waals surface area contributed by atoms with E-state index in [-0.39, 0.29) is 5.91 Å². The maximum atomic E-state index is 13.0. The lowest BCUT2D eigenvalue weighted by Gasteiger charge is -2.09. The standard InChI is InChI=1S/C20H17N5OS2/c1-13-17(28-20(21-13)24-8-4-5-9-24)18(26)22-15-7-3-2-6-14(15)16-12-25-10-11-27-19(25)23-16/h2-9,12H,10-11H2,1H3,(H,22,26). The molecule has 0 fully saturated rings. The van der Waals surface area contributed by atoms with E-state index in [4.69, 9.17) is 4.98 Å². The van der Waals surface area contributed by atoms with Gasteiger partial charge in [0.15, 0.2) is 10.3 Å². The van der Waals surface area contributed by atoms with Crippen LogP contribution in [0.15, 0.2) is 60.1 Å². The van der Waals surface area contributed by atoms with Gasteiger partial charge in [0.2, 0.25) is 0 Å².